The highest BCUT2D eigenvalue weighted by Crippen LogP contribution is 2.43. The van der Waals surface area contributed by atoms with Gasteiger partial charge < -0.3 is 4.42 Å². The summed E-state index contributed by atoms with van der Waals surface area (Å²) in [7, 11) is 0. The van der Waals surface area contributed by atoms with E-state index in [9.17, 15) is 0 Å². The zero-order valence-corrected chi connectivity index (χ0v) is 28.8. The Balaban J connectivity index is 1.17. The third kappa shape index (κ3) is 5.56. The molecule has 0 aliphatic carbocycles. The van der Waals surface area contributed by atoms with Gasteiger partial charge in [-0.3, -0.25) is 0 Å². The summed E-state index contributed by atoms with van der Waals surface area (Å²) in [6.07, 6.45) is 0. The summed E-state index contributed by atoms with van der Waals surface area (Å²) in [6.45, 7) is 0. The summed E-state index contributed by atoms with van der Waals surface area (Å²) in [5.74, 6) is 0.686. The van der Waals surface area contributed by atoms with Crippen LogP contribution < -0.4 is 0 Å². The summed E-state index contributed by atoms with van der Waals surface area (Å²) in [5, 5.41) is 4.38. The normalized spacial score (nSPS) is 11.4. The average Bonchev–Trinajstić information content (AvgIpc) is 3.62. The van der Waals surface area contributed by atoms with E-state index in [1.54, 1.807) is 0 Å². The maximum atomic E-state index is 6.67. The number of hydrogen-bond donors (Lipinski definition) is 0. The first-order valence-corrected chi connectivity index (χ1v) is 17.9. The molecule has 3 heteroatoms. The van der Waals surface area contributed by atoms with Gasteiger partial charge in [0.25, 0.3) is 0 Å². The molecule has 0 aliphatic heterocycles. The van der Waals surface area contributed by atoms with Crippen molar-refractivity contribution in [3.8, 4) is 67.3 Å². The van der Waals surface area contributed by atoms with Crippen LogP contribution in [0.4, 0.5) is 0 Å². The SMILES string of the molecule is c1ccc(-c2cccc(-c3cc(-c4ccc5oc6c7ccccc7c(-c7ccccc7-c7ccccc7)cc6c5c4)nc(-c4ccccc4)n3)c2)cc1. The van der Waals surface area contributed by atoms with Gasteiger partial charge in [0.2, 0.25) is 0 Å². The van der Waals surface area contributed by atoms with E-state index >= 15 is 0 Å². The van der Waals surface area contributed by atoms with E-state index in [1.807, 2.05) is 24.3 Å². The van der Waals surface area contributed by atoms with E-state index in [1.165, 1.54) is 27.8 Å². The smallest absolute Gasteiger partial charge is 0.160 e. The predicted molar refractivity (Wildman–Crippen MR) is 219 cm³/mol. The van der Waals surface area contributed by atoms with Crippen molar-refractivity contribution in [2.24, 2.45) is 0 Å². The lowest BCUT2D eigenvalue weighted by Crippen LogP contribution is -1.96. The lowest BCUT2D eigenvalue weighted by atomic mass is 9.90. The first-order chi connectivity index (χ1) is 26.3. The van der Waals surface area contributed by atoms with Crippen LogP contribution in [0, 0.1) is 0 Å². The number of hydrogen-bond acceptors (Lipinski definition) is 3. The molecule has 2 aromatic heterocycles. The third-order valence-electron chi connectivity index (χ3n) is 10.1. The van der Waals surface area contributed by atoms with Crippen molar-refractivity contribution in [3.05, 3.63) is 194 Å². The lowest BCUT2D eigenvalue weighted by molar-refractivity contribution is 0.673. The fraction of sp³-hybridized carbons (Fsp3) is 0. The van der Waals surface area contributed by atoms with E-state index in [-0.39, 0.29) is 0 Å². The van der Waals surface area contributed by atoms with Gasteiger partial charge in [-0.05, 0) is 75.2 Å². The molecule has 2 heterocycles. The van der Waals surface area contributed by atoms with Crippen molar-refractivity contribution in [1.82, 2.24) is 9.97 Å². The highest BCUT2D eigenvalue weighted by atomic mass is 16.3. The molecule has 0 bridgehead atoms. The Labute approximate surface area is 307 Å². The summed E-state index contributed by atoms with van der Waals surface area (Å²) < 4.78 is 6.67. The van der Waals surface area contributed by atoms with Crippen LogP contribution in [0.15, 0.2) is 199 Å². The maximum Gasteiger partial charge on any atom is 0.160 e. The number of fused-ring (bicyclic) bond motifs is 5. The molecule has 0 radical (unpaired) electrons. The number of benzene rings is 8. The Morgan fingerprint density at radius 1 is 0.302 bits per heavy atom. The molecule has 0 fully saturated rings. The minimum Gasteiger partial charge on any atom is -0.455 e. The van der Waals surface area contributed by atoms with Gasteiger partial charge in [0.15, 0.2) is 5.82 Å². The maximum absolute atomic E-state index is 6.67. The molecule has 0 atom stereocenters. The number of furan rings is 1. The van der Waals surface area contributed by atoms with E-state index in [2.05, 4.69) is 170 Å². The van der Waals surface area contributed by atoms with E-state index < -0.39 is 0 Å². The van der Waals surface area contributed by atoms with Crippen LogP contribution >= 0.6 is 0 Å². The van der Waals surface area contributed by atoms with Crippen molar-refractivity contribution in [2.45, 2.75) is 0 Å². The molecular formula is C50H32N2O. The fourth-order valence-electron chi connectivity index (χ4n) is 7.52. The molecule has 10 rings (SSSR count). The Morgan fingerprint density at radius 3 is 1.60 bits per heavy atom. The van der Waals surface area contributed by atoms with Gasteiger partial charge in [0.1, 0.15) is 11.2 Å². The zero-order valence-electron chi connectivity index (χ0n) is 28.8. The van der Waals surface area contributed by atoms with E-state index in [0.29, 0.717) is 5.82 Å². The molecule has 0 aliphatic rings. The van der Waals surface area contributed by atoms with E-state index in [4.69, 9.17) is 14.4 Å². The molecule has 0 saturated carbocycles. The van der Waals surface area contributed by atoms with Crippen molar-refractivity contribution in [1.29, 1.82) is 0 Å². The van der Waals surface area contributed by atoms with Crippen LogP contribution in [0.1, 0.15) is 0 Å². The minimum absolute atomic E-state index is 0.686. The second kappa shape index (κ2) is 12.9. The van der Waals surface area contributed by atoms with Crippen LogP contribution in [0.3, 0.4) is 0 Å². The van der Waals surface area contributed by atoms with Crippen LogP contribution in [-0.4, -0.2) is 9.97 Å². The first-order valence-electron chi connectivity index (χ1n) is 17.9. The lowest BCUT2D eigenvalue weighted by Gasteiger charge is -2.13. The van der Waals surface area contributed by atoms with Gasteiger partial charge in [-0.2, -0.15) is 0 Å². The van der Waals surface area contributed by atoms with Gasteiger partial charge in [0.05, 0.1) is 11.4 Å². The van der Waals surface area contributed by atoms with Gasteiger partial charge in [0, 0.05) is 32.8 Å². The highest BCUT2D eigenvalue weighted by molar-refractivity contribution is 6.20. The molecule has 10 aromatic rings. The van der Waals surface area contributed by atoms with Crippen molar-refractivity contribution in [2.75, 3.05) is 0 Å². The van der Waals surface area contributed by atoms with Crippen LogP contribution in [0.5, 0.6) is 0 Å². The Morgan fingerprint density at radius 2 is 0.868 bits per heavy atom. The van der Waals surface area contributed by atoms with E-state index in [0.717, 1.165) is 66.4 Å². The molecule has 0 unspecified atom stereocenters. The summed E-state index contributed by atoms with van der Waals surface area (Å²) in [4.78, 5) is 10.3. The molecule has 8 aromatic carbocycles. The standard InChI is InChI=1S/C50H32N2O/c1-4-15-33(16-5-1)36-21-14-22-37(29-36)46-32-47(52-50(51-46)35-19-8-3-9-20-35)38-27-28-48-44(30-38)45-31-43(41-25-12-13-26-42(41)49(45)53-48)40-24-11-10-23-39(40)34-17-6-2-7-18-34/h1-32H. The molecule has 0 saturated heterocycles. The van der Waals surface area contributed by atoms with Crippen LogP contribution in [0.2, 0.25) is 0 Å². The Hall–Kier alpha value is -7.10. The largest absolute Gasteiger partial charge is 0.455 e. The fourth-order valence-corrected chi connectivity index (χ4v) is 7.52. The molecular weight excluding hydrogens is 645 g/mol. The zero-order chi connectivity index (χ0) is 35.1. The number of aromatic nitrogens is 2. The third-order valence-corrected chi connectivity index (χ3v) is 10.1. The van der Waals surface area contributed by atoms with Crippen LogP contribution in [-0.2, 0) is 0 Å². The van der Waals surface area contributed by atoms with Crippen molar-refractivity contribution >= 4 is 32.7 Å². The molecule has 53 heavy (non-hydrogen) atoms. The Bertz CT molecular complexity index is 2930. The minimum atomic E-state index is 0.686. The molecule has 0 spiro atoms. The predicted octanol–water partition coefficient (Wildman–Crippen LogP) is 13.5. The summed E-state index contributed by atoms with van der Waals surface area (Å²) >= 11 is 0. The second-order valence-electron chi connectivity index (χ2n) is 13.3. The molecule has 0 amide bonds. The first kappa shape index (κ1) is 30.7. The monoisotopic (exact) mass is 676 g/mol. The Kier molecular flexibility index (Phi) is 7.47. The average molecular weight is 677 g/mol. The summed E-state index contributed by atoms with van der Waals surface area (Å²) in [6, 6.07) is 67.9. The van der Waals surface area contributed by atoms with Gasteiger partial charge in [-0.1, -0.05) is 158 Å². The molecule has 248 valence electrons. The second-order valence-corrected chi connectivity index (χ2v) is 13.3. The number of rotatable bonds is 6. The summed E-state index contributed by atoms with van der Waals surface area (Å²) in [5.41, 5.74) is 13.5. The molecule has 0 N–H and O–H groups in total. The van der Waals surface area contributed by atoms with Gasteiger partial charge in [-0.25, -0.2) is 9.97 Å². The van der Waals surface area contributed by atoms with Crippen molar-refractivity contribution < 1.29 is 4.42 Å². The van der Waals surface area contributed by atoms with Gasteiger partial charge >= 0.3 is 0 Å². The van der Waals surface area contributed by atoms with Gasteiger partial charge in [-0.15, -0.1) is 0 Å². The quantitative estimate of drug-likeness (QED) is 0.176. The van der Waals surface area contributed by atoms with Crippen LogP contribution in [0.25, 0.3) is 100.0 Å². The number of nitrogens with zero attached hydrogens (tertiary/aromatic N) is 2. The highest BCUT2D eigenvalue weighted by Gasteiger charge is 2.18. The topological polar surface area (TPSA) is 38.9 Å². The van der Waals surface area contributed by atoms with Crippen molar-refractivity contribution in [3.63, 3.8) is 0 Å². The molecule has 3 nitrogen and oxygen atoms in total.